The van der Waals surface area contributed by atoms with Crippen molar-refractivity contribution in [2.45, 2.75) is 31.1 Å². The number of piperidine rings is 1. The molecular formula is C13H14F3NO2. The summed E-state index contributed by atoms with van der Waals surface area (Å²) in [6.07, 6.45) is -3.98. The molecule has 0 aliphatic carbocycles. The Balaban J connectivity index is 1.73. The van der Waals surface area contributed by atoms with Crippen molar-refractivity contribution in [3.05, 3.63) is 35.4 Å². The number of hydrogen-bond acceptors (Lipinski definition) is 3. The third kappa shape index (κ3) is 2.61. The van der Waals surface area contributed by atoms with Gasteiger partial charge in [-0.2, -0.15) is 13.2 Å². The van der Waals surface area contributed by atoms with Crippen molar-refractivity contribution >= 4 is 0 Å². The SMILES string of the molecule is FC(F)(F)c1ccc(C2OC3CCNCC3O2)cc1. The average Bonchev–Trinajstić information content (AvgIpc) is 2.81. The first-order valence-corrected chi connectivity index (χ1v) is 6.23. The molecule has 0 bridgehead atoms. The zero-order chi connectivity index (χ0) is 13.5. The summed E-state index contributed by atoms with van der Waals surface area (Å²) in [6, 6.07) is 4.95. The molecule has 2 heterocycles. The molecule has 3 nitrogen and oxygen atoms in total. The summed E-state index contributed by atoms with van der Waals surface area (Å²) >= 11 is 0. The van der Waals surface area contributed by atoms with Crippen LogP contribution in [0.4, 0.5) is 13.2 Å². The van der Waals surface area contributed by atoms with Gasteiger partial charge in [-0.3, -0.25) is 0 Å². The minimum absolute atomic E-state index is 0.0129. The Morgan fingerprint density at radius 2 is 1.74 bits per heavy atom. The molecule has 3 rings (SSSR count). The van der Waals surface area contributed by atoms with Crippen LogP contribution in [0.25, 0.3) is 0 Å². The van der Waals surface area contributed by atoms with E-state index in [9.17, 15) is 13.2 Å². The largest absolute Gasteiger partial charge is 0.416 e. The van der Waals surface area contributed by atoms with Crippen molar-refractivity contribution in [3.63, 3.8) is 0 Å². The number of benzene rings is 1. The topological polar surface area (TPSA) is 30.5 Å². The zero-order valence-corrected chi connectivity index (χ0v) is 10.1. The maximum atomic E-state index is 12.5. The third-order valence-corrected chi connectivity index (χ3v) is 3.47. The third-order valence-electron chi connectivity index (χ3n) is 3.47. The molecule has 0 spiro atoms. The van der Waals surface area contributed by atoms with Gasteiger partial charge >= 0.3 is 6.18 Å². The van der Waals surface area contributed by atoms with Gasteiger partial charge in [-0.25, -0.2) is 0 Å². The van der Waals surface area contributed by atoms with E-state index in [1.165, 1.54) is 12.1 Å². The monoisotopic (exact) mass is 273 g/mol. The molecule has 0 saturated carbocycles. The maximum absolute atomic E-state index is 12.5. The molecule has 1 N–H and O–H groups in total. The maximum Gasteiger partial charge on any atom is 0.416 e. The molecular weight excluding hydrogens is 259 g/mol. The number of nitrogens with one attached hydrogen (secondary N) is 1. The van der Waals surface area contributed by atoms with Gasteiger partial charge < -0.3 is 14.8 Å². The molecule has 6 heteroatoms. The van der Waals surface area contributed by atoms with Gasteiger partial charge in [0.2, 0.25) is 0 Å². The first-order chi connectivity index (χ1) is 9.04. The molecule has 1 aromatic carbocycles. The Morgan fingerprint density at radius 3 is 2.37 bits per heavy atom. The molecule has 1 aromatic rings. The number of hydrogen-bond donors (Lipinski definition) is 1. The molecule has 3 unspecified atom stereocenters. The summed E-state index contributed by atoms with van der Waals surface area (Å²) in [5.74, 6) is 0. The Morgan fingerprint density at radius 1 is 1.05 bits per heavy atom. The van der Waals surface area contributed by atoms with Crippen molar-refractivity contribution in [1.82, 2.24) is 5.32 Å². The Kier molecular flexibility index (Phi) is 3.24. The second-order valence-electron chi connectivity index (χ2n) is 4.79. The second-order valence-corrected chi connectivity index (χ2v) is 4.79. The van der Waals surface area contributed by atoms with E-state index in [1.807, 2.05) is 0 Å². The summed E-state index contributed by atoms with van der Waals surface area (Å²) in [5.41, 5.74) is -0.0317. The van der Waals surface area contributed by atoms with Crippen LogP contribution in [0.2, 0.25) is 0 Å². The van der Waals surface area contributed by atoms with Crippen LogP contribution in [0.15, 0.2) is 24.3 Å². The molecule has 0 radical (unpaired) electrons. The summed E-state index contributed by atoms with van der Waals surface area (Å²) in [5, 5.41) is 3.20. The molecule has 3 atom stereocenters. The van der Waals surface area contributed by atoms with Gasteiger partial charge in [-0.05, 0) is 25.1 Å². The predicted molar refractivity (Wildman–Crippen MR) is 61.4 cm³/mol. The molecule has 2 aliphatic heterocycles. The van der Waals surface area contributed by atoms with Crippen LogP contribution in [0, 0.1) is 0 Å². The van der Waals surface area contributed by atoms with Gasteiger partial charge in [-0.15, -0.1) is 0 Å². The van der Waals surface area contributed by atoms with E-state index in [0.29, 0.717) is 5.56 Å². The number of alkyl halides is 3. The van der Waals surface area contributed by atoms with Crippen LogP contribution in [-0.2, 0) is 15.7 Å². The number of halogens is 3. The standard InChI is InChI=1S/C13H14F3NO2/c14-13(15,16)9-3-1-8(2-4-9)12-18-10-5-6-17-7-11(10)19-12/h1-4,10-12,17H,5-7H2. The van der Waals surface area contributed by atoms with Gasteiger partial charge in [0.05, 0.1) is 17.8 Å². The Bertz CT molecular complexity index is 432. The highest BCUT2D eigenvalue weighted by Gasteiger charge is 2.38. The van der Waals surface area contributed by atoms with E-state index in [1.54, 1.807) is 0 Å². The average molecular weight is 273 g/mol. The van der Waals surface area contributed by atoms with E-state index in [0.717, 1.165) is 31.6 Å². The van der Waals surface area contributed by atoms with Crippen molar-refractivity contribution < 1.29 is 22.6 Å². The molecule has 2 saturated heterocycles. The van der Waals surface area contributed by atoms with Crippen LogP contribution in [0.3, 0.4) is 0 Å². The number of ether oxygens (including phenoxy) is 2. The quantitative estimate of drug-likeness (QED) is 0.852. The van der Waals surface area contributed by atoms with Crippen molar-refractivity contribution in [2.24, 2.45) is 0 Å². The first-order valence-electron chi connectivity index (χ1n) is 6.23. The van der Waals surface area contributed by atoms with Crippen molar-refractivity contribution in [1.29, 1.82) is 0 Å². The van der Waals surface area contributed by atoms with Gasteiger partial charge in [0, 0.05) is 12.1 Å². The van der Waals surface area contributed by atoms with E-state index in [-0.39, 0.29) is 12.2 Å². The summed E-state index contributed by atoms with van der Waals surface area (Å²) in [6.45, 7) is 1.60. The minimum Gasteiger partial charge on any atom is -0.342 e. The van der Waals surface area contributed by atoms with Crippen LogP contribution in [0.5, 0.6) is 0 Å². The van der Waals surface area contributed by atoms with Crippen molar-refractivity contribution in [3.8, 4) is 0 Å². The fourth-order valence-corrected chi connectivity index (χ4v) is 2.43. The summed E-state index contributed by atoms with van der Waals surface area (Å²) in [4.78, 5) is 0. The summed E-state index contributed by atoms with van der Waals surface area (Å²) in [7, 11) is 0. The van der Waals surface area contributed by atoms with Crippen LogP contribution in [0.1, 0.15) is 23.8 Å². The number of rotatable bonds is 1. The molecule has 19 heavy (non-hydrogen) atoms. The van der Waals surface area contributed by atoms with Crippen LogP contribution >= 0.6 is 0 Å². The zero-order valence-electron chi connectivity index (χ0n) is 10.1. The Hall–Kier alpha value is -1.11. The lowest BCUT2D eigenvalue weighted by Gasteiger charge is -2.22. The van der Waals surface area contributed by atoms with Crippen LogP contribution in [-0.4, -0.2) is 25.3 Å². The smallest absolute Gasteiger partial charge is 0.342 e. The molecule has 104 valence electrons. The molecule has 2 fully saturated rings. The predicted octanol–water partition coefficient (Wildman–Crippen LogP) is 2.48. The fraction of sp³-hybridized carbons (Fsp3) is 0.538. The van der Waals surface area contributed by atoms with Gasteiger partial charge in [0.1, 0.15) is 0 Å². The lowest BCUT2D eigenvalue weighted by atomic mass is 10.1. The first kappa shape index (κ1) is 12.9. The lowest BCUT2D eigenvalue weighted by molar-refractivity contribution is -0.137. The number of fused-ring (bicyclic) bond motifs is 1. The van der Waals surface area contributed by atoms with Gasteiger partial charge in [0.25, 0.3) is 0 Å². The van der Waals surface area contributed by atoms with E-state index < -0.39 is 18.0 Å². The van der Waals surface area contributed by atoms with Gasteiger partial charge in [0.15, 0.2) is 6.29 Å². The van der Waals surface area contributed by atoms with E-state index >= 15 is 0 Å². The van der Waals surface area contributed by atoms with E-state index in [4.69, 9.17) is 9.47 Å². The molecule has 2 aliphatic rings. The molecule has 0 amide bonds. The highest BCUT2D eigenvalue weighted by molar-refractivity contribution is 5.25. The van der Waals surface area contributed by atoms with Crippen LogP contribution < -0.4 is 5.32 Å². The normalized spacial score (nSPS) is 31.2. The highest BCUT2D eigenvalue weighted by Crippen LogP contribution is 2.35. The second kappa shape index (κ2) is 4.77. The molecule has 0 aromatic heterocycles. The van der Waals surface area contributed by atoms with Crippen molar-refractivity contribution in [2.75, 3.05) is 13.1 Å². The minimum atomic E-state index is -4.31. The lowest BCUT2D eigenvalue weighted by Crippen LogP contribution is -2.41. The highest BCUT2D eigenvalue weighted by atomic mass is 19.4. The van der Waals surface area contributed by atoms with E-state index in [2.05, 4.69) is 5.32 Å². The van der Waals surface area contributed by atoms with Gasteiger partial charge in [-0.1, -0.05) is 12.1 Å². The fourth-order valence-electron chi connectivity index (χ4n) is 2.43. The summed E-state index contributed by atoms with van der Waals surface area (Å²) < 4.78 is 48.8. The Labute approximate surface area is 108 Å².